The number of hydrogen-bond acceptors (Lipinski definition) is 7. The Labute approximate surface area is 246 Å². The zero-order valence-corrected chi connectivity index (χ0v) is 24.9. The van der Waals surface area contributed by atoms with Crippen molar-refractivity contribution in [2.24, 2.45) is 5.92 Å². The number of benzene rings is 2. The first-order valence-corrected chi connectivity index (χ1v) is 14.4. The van der Waals surface area contributed by atoms with Crippen molar-refractivity contribution in [3.8, 4) is 28.6 Å². The molecule has 8 nitrogen and oxygen atoms in total. The van der Waals surface area contributed by atoms with Crippen molar-refractivity contribution in [1.29, 1.82) is 0 Å². The van der Waals surface area contributed by atoms with Crippen LogP contribution in [-0.2, 0) is 16.1 Å². The standard InChI is InChI=1S/C33H39FN2O6/c1-32(2)16-25(17-33(3,4)42-32)41-31-30(27-14-23(39-5)11-12-28(27)34)35-18-22(36-31)19-40-24-8-6-7-21(13-24)26(15-29(37)38)20-9-10-20/h6-8,11-14,18,20,25-26H,9-10,15-17,19H2,1-5H3,(H,37,38)/t26-/m0/s1. The minimum absolute atomic E-state index is 0.0316. The van der Waals surface area contributed by atoms with Crippen molar-refractivity contribution < 1.29 is 33.2 Å². The van der Waals surface area contributed by atoms with Crippen LogP contribution in [0.4, 0.5) is 4.39 Å². The number of carboxylic acid groups (broad SMARTS) is 1. The third-order valence-electron chi connectivity index (χ3n) is 7.75. The van der Waals surface area contributed by atoms with Crippen LogP contribution in [-0.4, -0.2) is 45.5 Å². The van der Waals surface area contributed by atoms with Crippen LogP contribution < -0.4 is 14.2 Å². The van der Waals surface area contributed by atoms with Crippen molar-refractivity contribution in [2.75, 3.05) is 7.11 Å². The topological polar surface area (TPSA) is 100 Å². The lowest BCUT2D eigenvalue weighted by Crippen LogP contribution is -2.49. The SMILES string of the molecule is COc1ccc(F)c(-c2ncc(COc3cccc([C@@H](CC(=O)O)C4CC4)c3)nc2OC2CC(C)(C)OC(C)(C)C2)c1. The van der Waals surface area contributed by atoms with Crippen LogP contribution in [0.25, 0.3) is 11.3 Å². The van der Waals surface area contributed by atoms with Crippen LogP contribution in [0.1, 0.15) is 77.0 Å². The van der Waals surface area contributed by atoms with Crippen LogP contribution in [0, 0.1) is 11.7 Å². The van der Waals surface area contributed by atoms with Gasteiger partial charge in [-0.3, -0.25) is 4.79 Å². The summed E-state index contributed by atoms with van der Waals surface area (Å²) in [5, 5.41) is 9.40. The number of carbonyl (C=O) groups is 1. The minimum atomic E-state index is -0.801. The van der Waals surface area contributed by atoms with Gasteiger partial charge in [-0.2, -0.15) is 0 Å². The van der Waals surface area contributed by atoms with Crippen LogP contribution in [0.15, 0.2) is 48.7 Å². The third-order valence-corrected chi connectivity index (χ3v) is 7.75. The second-order valence-electron chi connectivity index (χ2n) is 12.5. The largest absolute Gasteiger partial charge is 0.497 e. The van der Waals surface area contributed by atoms with Crippen molar-refractivity contribution >= 4 is 5.97 Å². The van der Waals surface area contributed by atoms with E-state index in [9.17, 15) is 9.90 Å². The molecule has 9 heteroatoms. The van der Waals surface area contributed by atoms with Crippen molar-refractivity contribution in [2.45, 2.75) is 89.6 Å². The summed E-state index contributed by atoms with van der Waals surface area (Å²) in [6.45, 7) is 8.22. The first kappa shape index (κ1) is 29.8. The molecule has 1 aromatic heterocycles. The number of ether oxygens (including phenoxy) is 4. The number of carboxylic acids is 1. The molecular weight excluding hydrogens is 539 g/mol. The highest BCUT2D eigenvalue weighted by molar-refractivity contribution is 5.68. The average molecular weight is 579 g/mol. The van der Waals surface area contributed by atoms with Crippen molar-refractivity contribution in [1.82, 2.24) is 9.97 Å². The number of nitrogens with zero attached hydrogens (tertiary/aromatic N) is 2. The maximum atomic E-state index is 15.0. The molecule has 3 aromatic rings. The number of rotatable bonds is 11. The second kappa shape index (κ2) is 11.9. The lowest BCUT2D eigenvalue weighted by atomic mass is 9.87. The fraction of sp³-hybridized carbons (Fsp3) is 0.485. The zero-order valence-electron chi connectivity index (χ0n) is 24.9. The quantitative estimate of drug-likeness (QED) is 0.261. The number of aromatic nitrogens is 2. The smallest absolute Gasteiger partial charge is 0.303 e. The molecule has 2 heterocycles. The minimum Gasteiger partial charge on any atom is -0.497 e. The Morgan fingerprint density at radius 3 is 2.50 bits per heavy atom. The molecule has 0 bridgehead atoms. The van der Waals surface area contributed by atoms with Gasteiger partial charge in [0, 0.05) is 18.4 Å². The van der Waals surface area contributed by atoms with Crippen molar-refractivity contribution in [3.05, 3.63) is 65.7 Å². The number of methoxy groups -OCH3 is 1. The fourth-order valence-electron chi connectivity index (χ4n) is 6.03. The summed E-state index contributed by atoms with van der Waals surface area (Å²) < 4.78 is 39.2. The van der Waals surface area contributed by atoms with Gasteiger partial charge >= 0.3 is 5.97 Å². The Morgan fingerprint density at radius 2 is 1.83 bits per heavy atom. The first-order chi connectivity index (χ1) is 19.9. The Hall–Kier alpha value is -3.72. The van der Waals surface area contributed by atoms with E-state index in [1.807, 2.05) is 52.0 Å². The predicted molar refractivity (Wildman–Crippen MR) is 155 cm³/mol. The Kier molecular flexibility index (Phi) is 8.42. The Morgan fingerprint density at radius 1 is 1.10 bits per heavy atom. The maximum Gasteiger partial charge on any atom is 0.303 e. The van der Waals surface area contributed by atoms with E-state index < -0.39 is 23.0 Å². The summed E-state index contributed by atoms with van der Waals surface area (Å²) in [6, 6.07) is 12.1. The molecular formula is C33H39FN2O6. The number of halogens is 1. The van der Waals surface area contributed by atoms with Gasteiger partial charge in [0.05, 0.1) is 30.9 Å². The van der Waals surface area contributed by atoms with Crippen LogP contribution in [0.3, 0.4) is 0 Å². The summed E-state index contributed by atoms with van der Waals surface area (Å²) in [4.78, 5) is 20.8. The molecule has 0 spiro atoms. The summed E-state index contributed by atoms with van der Waals surface area (Å²) in [5.74, 6) is 0.420. The van der Waals surface area contributed by atoms with Gasteiger partial charge in [0.15, 0.2) is 0 Å². The van der Waals surface area contributed by atoms with E-state index in [1.165, 1.54) is 13.2 Å². The van der Waals surface area contributed by atoms with E-state index in [-0.39, 0.29) is 42.2 Å². The molecule has 5 rings (SSSR count). The molecule has 1 saturated carbocycles. The molecule has 2 aliphatic rings. The van der Waals surface area contributed by atoms with Crippen LogP contribution in [0.5, 0.6) is 17.4 Å². The molecule has 0 radical (unpaired) electrons. The second-order valence-corrected chi connectivity index (χ2v) is 12.5. The fourth-order valence-corrected chi connectivity index (χ4v) is 6.03. The van der Waals surface area contributed by atoms with E-state index in [0.717, 1.165) is 18.4 Å². The van der Waals surface area contributed by atoms with E-state index in [2.05, 4.69) is 4.98 Å². The van der Waals surface area contributed by atoms with E-state index in [1.54, 1.807) is 18.3 Å². The third kappa shape index (κ3) is 7.37. The summed E-state index contributed by atoms with van der Waals surface area (Å²) in [5.41, 5.74) is 1.16. The number of aliphatic carboxylic acids is 1. The van der Waals surface area contributed by atoms with E-state index in [4.69, 9.17) is 23.9 Å². The maximum absolute atomic E-state index is 15.0. The van der Waals surface area contributed by atoms with Gasteiger partial charge in [-0.05, 0) is 88.3 Å². The van der Waals surface area contributed by atoms with Gasteiger partial charge in [0.1, 0.15) is 41.4 Å². The summed E-state index contributed by atoms with van der Waals surface area (Å²) in [6.07, 6.45) is 4.77. The zero-order chi connectivity index (χ0) is 30.1. The van der Waals surface area contributed by atoms with Crippen LogP contribution in [0.2, 0.25) is 0 Å². The average Bonchev–Trinajstić information content (AvgIpc) is 3.75. The van der Waals surface area contributed by atoms with Gasteiger partial charge in [-0.1, -0.05) is 12.1 Å². The monoisotopic (exact) mass is 578 g/mol. The van der Waals surface area contributed by atoms with Crippen molar-refractivity contribution in [3.63, 3.8) is 0 Å². The molecule has 224 valence electrons. The first-order valence-electron chi connectivity index (χ1n) is 14.4. The molecule has 2 fully saturated rings. The van der Waals surface area contributed by atoms with Gasteiger partial charge in [-0.25, -0.2) is 14.4 Å². The summed E-state index contributed by atoms with van der Waals surface area (Å²) >= 11 is 0. The molecule has 0 amide bonds. The van der Waals surface area contributed by atoms with Gasteiger partial charge < -0.3 is 24.1 Å². The highest BCUT2D eigenvalue weighted by atomic mass is 19.1. The van der Waals surface area contributed by atoms with Gasteiger partial charge in [-0.15, -0.1) is 0 Å². The molecule has 1 atom stereocenters. The summed E-state index contributed by atoms with van der Waals surface area (Å²) in [7, 11) is 1.52. The van der Waals surface area contributed by atoms with Crippen LogP contribution >= 0.6 is 0 Å². The Balaban J connectivity index is 1.41. The molecule has 2 aromatic carbocycles. The normalized spacial score (nSPS) is 18.7. The molecule has 0 unspecified atom stereocenters. The van der Waals surface area contributed by atoms with Gasteiger partial charge in [0.25, 0.3) is 0 Å². The lowest BCUT2D eigenvalue weighted by molar-refractivity contribution is -0.182. The number of hydrogen-bond donors (Lipinski definition) is 1. The molecule has 1 aliphatic carbocycles. The predicted octanol–water partition coefficient (Wildman–Crippen LogP) is 6.95. The molecule has 1 saturated heterocycles. The molecule has 1 aliphatic heterocycles. The lowest BCUT2D eigenvalue weighted by Gasteiger charge is -2.44. The highest BCUT2D eigenvalue weighted by Crippen LogP contribution is 2.45. The van der Waals surface area contributed by atoms with Gasteiger partial charge in [0.2, 0.25) is 5.88 Å². The highest BCUT2D eigenvalue weighted by Gasteiger charge is 2.41. The Bertz CT molecular complexity index is 1420. The molecule has 1 N–H and O–H groups in total. The van der Waals surface area contributed by atoms with E-state index in [0.29, 0.717) is 36.0 Å². The van der Waals surface area contributed by atoms with E-state index >= 15 is 4.39 Å². The molecule has 42 heavy (non-hydrogen) atoms.